The topological polar surface area (TPSA) is 56.7 Å². The zero-order valence-corrected chi connectivity index (χ0v) is 9.44. The minimum absolute atomic E-state index is 0.164. The highest BCUT2D eigenvalue weighted by atomic mass is 15.3. The number of nitrogens with zero attached hydrogens (tertiary/aromatic N) is 3. The van der Waals surface area contributed by atoms with Gasteiger partial charge in [0.15, 0.2) is 0 Å². The van der Waals surface area contributed by atoms with Crippen LogP contribution < -0.4 is 5.73 Å². The standard InChI is InChI=1S/C10H20N4/c1-7(2)9(11)5-10-12-6-13-14(10)8(3)4/h6-9H,5,11H2,1-4H3. The average Bonchev–Trinajstić information content (AvgIpc) is 2.52. The lowest BCUT2D eigenvalue weighted by atomic mass is 10.0. The van der Waals surface area contributed by atoms with Gasteiger partial charge < -0.3 is 5.73 Å². The van der Waals surface area contributed by atoms with E-state index in [9.17, 15) is 0 Å². The first-order valence-electron chi connectivity index (χ1n) is 5.16. The van der Waals surface area contributed by atoms with Crippen LogP contribution in [0.2, 0.25) is 0 Å². The molecule has 0 aliphatic rings. The number of aromatic nitrogens is 3. The molecule has 1 atom stereocenters. The Hall–Kier alpha value is -0.900. The summed E-state index contributed by atoms with van der Waals surface area (Å²) < 4.78 is 1.93. The average molecular weight is 196 g/mol. The van der Waals surface area contributed by atoms with Crippen LogP contribution in [0.25, 0.3) is 0 Å². The molecule has 1 aromatic heterocycles. The van der Waals surface area contributed by atoms with Crippen LogP contribution in [-0.4, -0.2) is 20.8 Å². The summed E-state index contributed by atoms with van der Waals surface area (Å²) in [7, 11) is 0. The van der Waals surface area contributed by atoms with E-state index in [2.05, 4.69) is 37.8 Å². The van der Waals surface area contributed by atoms with Gasteiger partial charge in [-0.05, 0) is 19.8 Å². The largest absolute Gasteiger partial charge is 0.327 e. The molecule has 0 aromatic carbocycles. The van der Waals surface area contributed by atoms with Crippen molar-refractivity contribution >= 4 is 0 Å². The van der Waals surface area contributed by atoms with Crippen LogP contribution in [0.1, 0.15) is 39.6 Å². The highest BCUT2D eigenvalue weighted by Crippen LogP contribution is 2.09. The highest BCUT2D eigenvalue weighted by molar-refractivity contribution is 4.91. The third-order valence-corrected chi connectivity index (χ3v) is 2.41. The van der Waals surface area contributed by atoms with E-state index < -0.39 is 0 Å². The minimum atomic E-state index is 0.164. The number of hydrogen-bond acceptors (Lipinski definition) is 3. The number of rotatable bonds is 4. The predicted molar refractivity (Wildman–Crippen MR) is 56.9 cm³/mol. The summed E-state index contributed by atoms with van der Waals surface area (Å²) in [6, 6.07) is 0.517. The monoisotopic (exact) mass is 196 g/mol. The van der Waals surface area contributed by atoms with Gasteiger partial charge in [0, 0.05) is 18.5 Å². The molecule has 0 fully saturated rings. The van der Waals surface area contributed by atoms with Crippen molar-refractivity contribution in [1.82, 2.24) is 14.8 Å². The SMILES string of the molecule is CC(C)C(N)Cc1ncnn1C(C)C. The minimum Gasteiger partial charge on any atom is -0.327 e. The summed E-state index contributed by atoms with van der Waals surface area (Å²) in [4.78, 5) is 4.23. The van der Waals surface area contributed by atoms with E-state index in [4.69, 9.17) is 5.73 Å². The summed E-state index contributed by atoms with van der Waals surface area (Å²) in [5.41, 5.74) is 6.00. The molecular weight excluding hydrogens is 176 g/mol. The predicted octanol–water partition coefficient (Wildman–Crippen LogP) is 1.38. The third-order valence-electron chi connectivity index (χ3n) is 2.41. The van der Waals surface area contributed by atoms with E-state index in [1.807, 2.05) is 4.68 Å². The molecule has 0 saturated heterocycles. The molecule has 80 valence electrons. The Bertz CT molecular complexity index is 277. The lowest BCUT2D eigenvalue weighted by Gasteiger charge is -2.16. The van der Waals surface area contributed by atoms with Crippen molar-refractivity contribution < 1.29 is 0 Å². The highest BCUT2D eigenvalue weighted by Gasteiger charge is 2.14. The van der Waals surface area contributed by atoms with Crippen LogP contribution in [0, 0.1) is 5.92 Å². The van der Waals surface area contributed by atoms with E-state index in [0.717, 1.165) is 12.2 Å². The summed E-state index contributed by atoms with van der Waals surface area (Å²) in [6.45, 7) is 8.44. The second kappa shape index (κ2) is 4.55. The Morgan fingerprint density at radius 2 is 2.00 bits per heavy atom. The van der Waals surface area contributed by atoms with Gasteiger partial charge in [0.25, 0.3) is 0 Å². The molecule has 1 unspecified atom stereocenters. The Labute approximate surface area is 85.5 Å². The summed E-state index contributed by atoms with van der Waals surface area (Å²) >= 11 is 0. The first-order valence-corrected chi connectivity index (χ1v) is 5.16. The van der Waals surface area contributed by atoms with Gasteiger partial charge in [-0.3, -0.25) is 0 Å². The number of nitrogens with two attached hydrogens (primary N) is 1. The van der Waals surface area contributed by atoms with E-state index >= 15 is 0 Å². The van der Waals surface area contributed by atoms with Crippen LogP contribution in [0.5, 0.6) is 0 Å². The molecule has 0 radical (unpaired) electrons. The van der Waals surface area contributed by atoms with Crippen LogP contribution in [0.15, 0.2) is 6.33 Å². The molecule has 0 aliphatic carbocycles. The molecule has 2 N–H and O–H groups in total. The fraction of sp³-hybridized carbons (Fsp3) is 0.800. The van der Waals surface area contributed by atoms with Gasteiger partial charge in [-0.15, -0.1) is 0 Å². The second-order valence-corrected chi connectivity index (χ2v) is 4.33. The lowest BCUT2D eigenvalue weighted by molar-refractivity contribution is 0.445. The Morgan fingerprint density at radius 1 is 1.36 bits per heavy atom. The Kier molecular flexibility index (Phi) is 3.63. The first-order chi connectivity index (χ1) is 6.52. The molecule has 0 spiro atoms. The van der Waals surface area contributed by atoms with Crippen molar-refractivity contribution in [2.45, 2.75) is 46.2 Å². The van der Waals surface area contributed by atoms with Gasteiger partial charge in [0.2, 0.25) is 0 Å². The van der Waals surface area contributed by atoms with Crippen molar-refractivity contribution in [2.75, 3.05) is 0 Å². The molecule has 14 heavy (non-hydrogen) atoms. The zero-order valence-electron chi connectivity index (χ0n) is 9.44. The van der Waals surface area contributed by atoms with Gasteiger partial charge in [-0.2, -0.15) is 5.10 Å². The molecule has 1 aromatic rings. The Morgan fingerprint density at radius 3 is 2.50 bits per heavy atom. The Balaban J connectivity index is 2.71. The normalized spacial score (nSPS) is 13.9. The first kappa shape index (κ1) is 11.2. The second-order valence-electron chi connectivity index (χ2n) is 4.33. The van der Waals surface area contributed by atoms with Crippen molar-refractivity contribution in [3.8, 4) is 0 Å². The molecule has 4 heteroatoms. The van der Waals surface area contributed by atoms with Crippen molar-refractivity contribution in [2.24, 2.45) is 11.7 Å². The van der Waals surface area contributed by atoms with Crippen molar-refractivity contribution in [1.29, 1.82) is 0 Å². The third kappa shape index (κ3) is 2.54. The van der Waals surface area contributed by atoms with Gasteiger partial charge in [-0.1, -0.05) is 13.8 Å². The summed E-state index contributed by atoms with van der Waals surface area (Å²) in [5.74, 6) is 1.47. The van der Waals surface area contributed by atoms with Gasteiger partial charge in [0.05, 0.1) is 0 Å². The van der Waals surface area contributed by atoms with Gasteiger partial charge >= 0.3 is 0 Å². The molecule has 0 bridgehead atoms. The molecule has 4 nitrogen and oxygen atoms in total. The quantitative estimate of drug-likeness (QED) is 0.791. The fourth-order valence-electron chi connectivity index (χ4n) is 1.30. The summed E-state index contributed by atoms with van der Waals surface area (Å²) in [5, 5.41) is 4.18. The number of hydrogen-bond donors (Lipinski definition) is 1. The zero-order chi connectivity index (χ0) is 10.7. The smallest absolute Gasteiger partial charge is 0.138 e. The van der Waals surface area contributed by atoms with Crippen molar-refractivity contribution in [3.05, 3.63) is 12.2 Å². The van der Waals surface area contributed by atoms with Crippen LogP contribution in [0.4, 0.5) is 0 Å². The molecule has 0 amide bonds. The molecular formula is C10H20N4. The van der Waals surface area contributed by atoms with E-state index in [1.54, 1.807) is 6.33 Å². The lowest BCUT2D eigenvalue weighted by Crippen LogP contribution is -2.30. The molecule has 0 saturated carbocycles. The van der Waals surface area contributed by atoms with Gasteiger partial charge in [-0.25, -0.2) is 9.67 Å². The van der Waals surface area contributed by atoms with Crippen LogP contribution >= 0.6 is 0 Å². The maximum absolute atomic E-state index is 6.00. The maximum atomic E-state index is 6.00. The maximum Gasteiger partial charge on any atom is 0.138 e. The summed E-state index contributed by atoms with van der Waals surface area (Å²) in [6.07, 6.45) is 2.40. The van der Waals surface area contributed by atoms with Crippen LogP contribution in [0.3, 0.4) is 0 Å². The van der Waals surface area contributed by atoms with Crippen LogP contribution in [-0.2, 0) is 6.42 Å². The molecule has 1 heterocycles. The van der Waals surface area contributed by atoms with E-state index in [0.29, 0.717) is 12.0 Å². The fourth-order valence-corrected chi connectivity index (χ4v) is 1.30. The molecule has 1 rings (SSSR count). The molecule has 0 aliphatic heterocycles. The van der Waals surface area contributed by atoms with Crippen molar-refractivity contribution in [3.63, 3.8) is 0 Å². The van der Waals surface area contributed by atoms with E-state index in [1.165, 1.54) is 0 Å². The van der Waals surface area contributed by atoms with Gasteiger partial charge in [0.1, 0.15) is 12.2 Å². The van der Waals surface area contributed by atoms with E-state index in [-0.39, 0.29) is 6.04 Å².